The molecule has 134 valence electrons. The number of halogens is 1. The monoisotopic (exact) mass is 366 g/mol. The Hall–Kier alpha value is -2.26. The summed E-state index contributed by atoms with van der Waals surface area (Å²) in [6.45, 7) is 0.877. The summed E-state index contributed by atoms with van der Waals surface area (Å²) in [4.78, 5) is 14.2. The van der Waals surface area contributed by atoms with Crippen molar-refractivity contribution >= 4 is 15.9 Å². The van der Waals surface area contributed by atoms with Gasteiger partial charge in [-0.15, -0.1) is 0 Å². The Balaban J connectivity index is 1.71. The number of nitrogens with zero attached hydrogens (tertiary/aromatic N) is 2. The van der Waals surface area contributed by atoms with Gasteiger partial charge in [-0.05, 0) is 43.2 Å². The Bertz CT molecular complexity index is 864. The van der Waals surface area contributed by atoms with Crippen LogP contribution in [0.1, 0.15) is 23.3 Å². The van der Waals surface area contributed by atoms with Crippen molar-refractivity contribution in [1.82, 2.24) is 19.8 Å². The molecule has 2 heterocycles. The van der Waals surface area contributed by atoms with Crippen LogP contribution in [0.5, 0.6) is 0 Å². The van der Waals surface area contributed by atoms with Crippen molar-refractivity contribution < 1.29 is 17.6 Å². The van der Waals surface area contributed by atoms with Gasteiger partial charge in [-0.2, -0.15) is 5.10 Å². The molecule has 2 N–H and O–H groups in total. The molecule has 9 heteroatoms. The summed E-state index contributed by atoms with van der Waals surface area (Å²) in [5.74, 6) is -0.575. The average Bonchev–Trinajstić information content (AvgIpc) is 3.03. The number of nitrogens with one attached hydrogen (secondary N) is 2. The number of piperidine rings is 1. The molecule has 1 atom stereocenters. The minimum Gasteiger partial charge on any atom is -0.336 e. The zero-order valence-corrected chi connectivity index (χ0v) is 14.5. The van der Waals surface area contributed by atoms with Crippen molar-refractivity contribution in [3.8, 4) is 11.3 Å². The highest BCUT2D eigenvalue weighted by Crippen LogP contribution is 2.20. The zero-order chi connectivity index (χ0) is 18.0. The molecule has 0 bridgehead atoms. The van der Waals surface area contributed by atoms with Crippen molar-refractivity contribution in [3.63, 3.8) is 0 Å². The van der Waals surface area contributed by atoms with Crippen molar-refractivity contribution in [1.29, 1.82) is 0 Å². The molecule has 1 amide bonds. The van der Waals surface area contributed by atoms with E-state index in [-0.39, 0.29) is 17.8 Å². The number of hydrogen-bond donors (Lipinski definition) is 2. The van der Waals surface area contributed by atoms with Crippen molar-refractivity contribution in [2.24, 2.45) is 0 Å². The second-order valence-electron chi connectivity index (χ2n) is 6.15. The molecule has 7 nitrogen and oxygen atoms in total. The quantitative estimate of drug-likeness (QED) is 0.854. The van der Waals surface area contributed by atoms with Crippen LogP contribution < -0.4 is 4.72 Å². The van der Waals surface area contributed by atoms with E-state index >= 15 is 0 Å². The predicted octanol–water partition coefficient (Wildman–Crippen LogP) is 1.37. The highest BCUT2D eigenvalue weighted by molar-refractivity contribution is 7.88. The first-order valence-electron chi connectivity index (χ1n) is 7.90. The molecule has 1 aromatic heterocycles. The minimum absolute atomic E-state index is 0.235. The first-order chi connectivity index (χ1) is 11.8. The average molecular weight is 366 g/mol. The molecule has 1 saturated heterocycles. The number of aromatic nitrogens is 2. The summed E-state index contributed by atoms with van der Waals surface area (Å²) in [7, 11) is -3.31. The van der Waals surface area contributed by atoms with Gasteiger partial charge < -0.3 is 4.90 Å². The van der Waals surface area contributed by atoms with E-state index in [0.29, 0.717) is 36.5 Å². The molecule has 0 radical (unpaired) electrons. The molecule has 1 aliphatic rings. The van der Waals surface area contributed by atoms with Gasteiger partial charge in [0.2, 0.25) is 10.0 Å². The lowest BCUT2D eigenvalue weighted by molar-refractivity contribution is 0.0697. The molecule has 0 unspecified atom stereocenters. The maximum absolute atomic E-state index is 13.0. The standard InChI is InChI=1S/C16H19FN4O3S/c1-25(23,24)20-13-3-2-8-21(10-13)16(22)15-9-14(18-19-15)11-4-6-12(17)7-5-11/h4-7,9,13,20H,2-3,8,10H2,1H3,(H,18,19)/t13-/m1/s1. The van der Waals surface area contributed by atoms with E-state index < -0.39 is 10.0 Å². The van der Waals surface area contributed by atoms with Gasteiger partial charge in [0.05, 0.1) is 11.9 Å². The lowest BCUT2D eigenvalue weighted by Gasteiger charge is -2.32. The first kappa shape index (κ1) is 17.6. The number of aromatic amines is 1. The summed E-state index contributed by atoms with van der Waals surface area (Å²) >= 11 is 0. The SMILES string of the molecule is CS(=O)(=O)N[C@@H]1CCCN(C(=O)c2cc(-c3ccc(F)cc3)n[nH]2)C1. The van der Waals surface area contributed by atoms with E-state index in [1.807, 2.05) is 0 Å². The van der Waals surface area contributed by atoms with Crippen LogP contribution in [-0.4, -0.2) is 54.8 Å². The highest BCUT2D eigenvalue weighted by Gasteiger charge is 2.27. The van der Waals surface area contributed by atoms with Crippen molar-refractivity contribution in [3.05, 3.63) is 41.8 Å². The van der Waals surface area contributed by atoms with Gasteiger partial charge in [0.25, 0.3) is 5.91 Å². The smallest absolute Gasteiger partial charge is 0.271 e. The van der Waals surface area contributed by atoms with Gasteiger partial charge in [-0.1, -0.05) is 0 Å². The Kier molecular flexibility index (Phi) is 4.87. The maximum Gasteiger partial charge on any atom is 0.271 e. The third-order valence-electron chi connectivity index (χ3n) is 4.04. The van der Waals surface area contributed by atoms with Gasteiger partial charge in [0.15, 0.2) is 0 Å². The summed E-state index contributed by atoms with van der Waals surface area (Å²) in [5.41, 5.74) is 1.57. The van der Waals surface area contributed by atoms with Gasteiger partial charge in [-0.25, -0.2) is 17.5 Å². The lowest BCUT2D eigenvalue weighted by Crippen LogP contribution is -2.49. The molecule has 25 heavy (non-hydrogen) atoms. The predicted molar refractivity (Wildman–Crippen MR) is 90.9 cm³/mol. The molecule has 1 aromatic carbocycles. The maximum atomic E-state index is 13.0. The normalized spacial score (nSPS) is 18.3. The number of benzene rings is 1. The summed E-state index contributed by atoms with van der Waals surface area (Å²) in [6, 6.07) is 7.17. The van der Waals surface area contributed by atoms with Crippen LogP contribution in [0.4, 0.5) is 4.39 Å². The van der Waals surface area contributed by atoms with Gasteiger partial charge in [0, 0.05) is 24.7 Å². The number of carbonyl (C=O) groups is 1. The lowest BCUT2D eigenvalue weighted by atomic mass is 10.1. The summed E-state index contributed by atoms with van der Waals surface area (Å²) < 4.78 is 38.3. The van der Waals surface area contributed by atoms with Crippen LogP contribution in [0.2, 0.25) is 0 Å². The second kappa shape index (κ2) is 6.93. The van der Waals surface area contributed by atoms with Crippen LogP contribution in [0, 0.1) is 5.82 Å². The molecule has 0 spiro atoms. The molecule has 1 fully saturated rings. The molecule has 3 rings (SSSR count). The van der Waals surface area contributed by atoms with Crippen LogP contribution in [0.15, 0.2) is 30.3 Å². The highest BCUT2D eigenvalue weighted by atomic mass is 32.2. The third kappa shape index (κ3) is 4.43. The van der Waals surface area contributed by atoms with Crippen molar-refractivity contribution in [2.75, 3.05) is 19.3 Å². The Morgan fingerprint density at radius 2 is 2.08 bits per heavy atom. The van der Waals surface area contributed by atoms with Gasteiger partial charge in [-0.3, -0.25) is 9.89 Å². The van der Waals surface area contributed by atoms with E-state index in [1.165, 1.54) is 12.1 Å². The van der Waals surface area contributed by atoms with E-state index in [1.54, 1.807) is 23.1 Å². The number of hydrogen-bond acceptors (Lipinski definition) is 4. The van der Waals surface area contributed by atoms with Crippen LogP contribution in [0.25, 0.3) is 11.3 Å². The fraction of sp³-hybridized carbons (Fsp3) is 0.375. The van der Waals surface area contributed by atoms with E-state index in [2.05, 4.69) is 14.9 Å². The van der Waals surface area contributed by atoms with E-state index in [4.69, 9.17) is 0 Å². The molecular formula is C16H19FN4O3S. The van der Waals surface area contributed by atoms with Gasteiger partial charge in [0.1, 0.15) is 11.5 Å². The van der Waals surface area contributed by atoms with E-state index in [9.17, 15) is 17.6 Å². The minimum atomic E-state index is -3.31. The summed E-state index contributed by atoms with van der Waals surface area (Å²) in [6.07, 6.45) is 2.52. The molecule has 0 aliphatic carbocycles. The number of rotatable bonds is 4. The largest absolute Gasteiger partial charge is 0.336 e. The Morgan fingerprint density at radius 1 is 1.36 bits per heavy atom. The fourth-order valence-corrected chi connectivity index (χ4v) is 3.73. The first-order valence-corrected chi connectivity index (χ1v) is 9.79. The Labute approximate surface area is 145 Å². The zero-order valence-electron chi connectivity index (χ0n) is 13.7. The molecule has 2 aromatic rings. The van der Waals surface area contributed by atoms with Gasteiger partial charge >= 0.3 is 0 Å². The second-order valence-corrected chi connectivity index (χ2v) is 7.93. The molecule has 0 saturated carbocycles. The number of likely N-dealkylation sites (tertiary alicyclic amines) is 1. The van der Waals surface area contributed by atoms with Crippen LogP contribution in [0.3, 0.4) is 0 Å². The van der Waals surface area contributed by atoms with Crippen LogP contribution in [-0.2, 0) is 10.0 Å². The fourth-order valence-electron chi connectivity index (χ4n) is 2.93. The number of H-pyrrole nitrogens is 1. The van der Waals surface area contributed by atoms with Crippen LogP contribution >= 0.6 is 0 Å². The topological polar surface area (TPSA) is 95.2 Å². The molecular weight excluding hydrogens is 347 g/mol. The number of amides is 1. The Morgan fingerprint density at radius 3 is 2.76 bits per heavy atom. The van der Waals surface area contributed by atoms with E-state index in [0.717, 1.165) is 12.7 Å². The number of carbonyl (C=O) groups excluding carboxylic acids is 1. The molecule has 1 aliphatic heterocycles. The van der Waals surface area contributed by atoms with Crippen molar-refractivity contribution in [2.45, 2.75) is 18.9 Å². The number of sulfonamides is 1. The third-order valence-corrected chi connectivity index (χ3v) is 4.80. The summed E-state index contributed by atoms with van der Waals surface area (Å²) in [5, 5.41) is 6.81.